The van der Waals surface area contributed by atoms with Gasteiger partial charge in [-0.3, -0.25) is 5.10 Å². The number of halogens is 6. The summed E-state index contributed by atoms with van der Waals surface area (Å²) < 4.78 is 79.0. The number of aromatic amines is 1. The number of fused-ring (bicyclic) bond motifs is 1. The molecule has 0 saturated carbocycles. The minimum absolute atomic E-state index is 0.00854. The van der Waals surface area contributed by atoms with Crippen molar-refractivity contribution in [1.82, 2.24) is 20.2 Å². The van der Waals surface area contributed by atoms with Gasteiger partial charge in [-0.25, -0.2) is 9.97 Å². The van der Waals surface area contributed by atoms with Gasteiger partial charge in [0.1, 0.15) is 5.82 Å². The third kappa shape index (κ3) is 4.22. The van der Waals surface area contributed by atoms with Gasteiger partial charge in [0, 0.05) is 16.2 Å². The van der Waals surface area contributed by atoms with Gasteiger partial charge in [0.25, 0.3) is 0 Å². The van der Waals surface area contributed by atoms with Gasteiger partial charge in [-0.1, -0.05) is 12.1 Å². The first-order chi connectivity index (χ1) is 14.9. The number of aryl methyl sites for hydroxylation is 1. The highest BCUT2D eigenvalue weighted by Gasteiger charge is 2.38. The maximum atomic E-state index is 13.4. The molecule has 12 heteroatoms. The smallest absolute Gasteiger partial charge is 0.383 e. The van der Waals surface area contributed by atoms with Crippen molar-refractivity contribution in [2.45, 2.75) is 29.3 Å². The Bertz CT molecular complexity index is 1310. The maximum absolute atomic E-state index is 13.4. The Morgan fingerprint density at radius 1 is 0.938 bits per heavy atom. The van der Waals surface area contributed by atoms with E-state index in [4.69, 9.17) is 5.73 Å². The summed E-state index contributed by atoms with van der Waals surface area (Å²) in [5.41, 5.74) is 5.65. The summed E-state index contributed by atoms with van der Waals surface area (Å²) in [4.78, 5) is 7.88. The third-order valence-corrected chi connectivity index (χ3v) is 5.47. The van der Waals surface area contributed by atoms with E-state index < -0.39 is 28.4 Å². The minimum atomic E-state index is -5.00. The molecule has 3 N–H and O–H groups in total. The highest BCUT2D eigenvalue weighted by Crippen LogP contribution is 2.42. The Morgan fingerprint density at radius 3 is 2.31 bits per heavy atom. The summed E-state index contributed by atoms with van der Waals surface area (Å²) in [5, 5.41) is 7.32. The van der Waals surface area contributed by atoms with Crippen LogP contribution in [0.4, 0.5) is 32.2 Å². The van der Waals surface area contributed by atoms with Gasteiger partial charge in [0.2, 0.25) is 0 Å². The first-order valence-electron chi connectivity index (χ1n) is 8.98. The van der Waals surface area contributed by atoms with Crippen molar-refractivity contribution >= 4 is 28.5 Å². The summed E-state index contributed by atoms with van der Waals surface area (Å²) in [5.74, 6) is 0.00854. The molecule has 4 rings (SSSR count). The zero-order valence-electron chi connectivity index (χ0n) is 16.1. The number of anilines is 1. The zero-order chi connectivity index (χ0) is 23.3. The van der Waals surface area contributed by atoms with E-state index in [0.717, 1.165) is 11.8 Å². The molecule has 32 heavy (non-hydrogen) atoms. The van der Waals surface area contributed by atoms with Crippen molar-refractivity contribution in [2.75, 3.05) is 5.73 Å². The van der Waals surface area contributed by atoms with E-state index in [0.29, 0.717) is 40.0 Å². The van der Waals surface area contributed by atoms with Crippen LogP contribution in [0.1, 0.15) is 16.8 Å². The molecular weight excluding hydrogens is 456 g/mol. The van der Waals surface area contributed by atoms with Crippen LogP contribution in [-0.4, -0.2) is 20.2 Å². The van der Waals surface area contributed by atoms with E-state index in [1.54, 1.807) is 24.3 Å². The second kappa shape index (κ2) is 7.69. The van der Waals surface area contributed by atoms with Crippen molar-refractivity contribution < 1.29 is 26.3 Å². The first kappa shape index (κ1) is 21.9. The maximum Gasteiger partial charge on any atom is 0.417 e. The van der Waals surface area contributed by atoms with Gasteiger partial charge >= 0.3 is 12.4 Å². The molecular formula is C20H13F6N5S. The number of nitrogens with one attached hydrogen (secondary N) is 1. The van der Waals surface area contributed by atoms with Crippen LogP contribution in [0.5, 0.6) is 0 Å². The van der Waals surface area contributed by atoms with Crippen LogP contribution >= 0.6 is 11.8 Å². The summed E-state index contributed by atoms with van der Waals surface area (Å²) >= 11 is 0.484. The van der Waals surface area contributed by atoms with Crippen LogP contribution in [0.3, 0.4) is 0 Å². The van der Waals surface area contributed by atoms with E-state index in [9.17, 15) is 26.3 Å². The van der Waals surface area contributed by atoms with E-state index in [1.807, 2.05) is 6.92 Å². The highest BCUT2D eigenvalue weighted by molar-refractivity contribution is 7.99. The molecule has 0 aliphatic carbocycles. The fourth-order valence-electron chi connectivity index (χ4n) is 3.12. The first-order valence-corrected chi connectivity index (χ1v) is 9.80. The number of alkyl halides is 6. The van der Waals surface area contributed by atoms with Gasteiger partial charge in [0.15, 0.2) is 5.16 Å². The fourth-order valence-corrected chi connectivity index (χ4v) is 4.03. The average Bonchev–Trinajstić information content (AvgIpc) is 3.12. The lowest BCUT2D eigenvalue weighted by molar-refractivity contribution is -0.144. The van der Waals surface area contributed by atoms with Crippen molar-refractivity contribution in [2.24, 2.45) is 0 Å². The van der Waals surface area contributed by atoms with Crippen molar-refractivity contribution in [3.8, 4) is 11.3 Å². The minimum Gasteiger partial charge on any atom is -0.383 e. The number of nitrogens with zero attached hydrogens (tertiary/aromatic N) is 3. The van der Waals surface area contributed by atoms with E-state index in [2.05, 4.69) is 20.2 Å². The van der Waals surface area contributed by atoms with Gasteiger partial charge in [-0.2, -0.15) is 31.4 Å². The fraction of sp³-hybridized carbons (Fsp3) is 0.150. The molecule has 0 aliphatic heterocycles. The summed E-state index contributed by atoms with van der Waals surface area (Å²) in [6.07, 6.45) is -9.91. The van der Waals surface area contributed by atoms with E-state index in [-0.39, 0.29) is 17.0 Å². The molecule has 0 aliphatic rings. The van der Waals surface area contributed by atoms with Crippen LogP contribution in [0, 0.1) is 6.92 Å². The van der Waals surface area contributed by atoms with Gasteiger partial charge < -0.3 is 5.73 Å². The zero-order valence-corrected chi connectivity index (χ0v) is 17.0. The van der Waals surface area contributed by atoms with Gasteiger partial charge in [-0.15, -0.1) is 0 Å². The second-order valence-electron chi connectivity index (χ2n) is 6.84. The molecule has 0 radical (unpaired) electrons. The summed E-state index contributed by atoms with van der Waals surface area (Å²) in [6.45, 7) is 1.82. The third-order valence-electron chi connectivity index (χ3n) is 4.53. The number of hydrogen-bond acceptors (Lipinski definition) is 5. The summed E-state index contributed by atoms with van der Waals surface area (Å²) in [7, 11) is 0. The number of nitrogens with two attached hydrogens (primary N) is 1. The largest absolute Gasteiger partial charge is 0.417 e. The van der Waals surface area contributed by atoms with Crippen LogP contribution in [0.25, 0.3) is 22.2 Å². The van der Waals surface area contributed by atoms with Gasteiger partial charge in [0.05, 0.1) is 27.7 Å². The van der Waals surface area contributed by atoms with Crippen LogP contribution in [-0.2, 0) is 12.4 Å². The van der Waals surface area contributed by atoms with Gasteiger partial charge in [-0.05, 0) is 49.0 Å². The molecule has 0 fully saturated rings. The molecule has 0 atom stereocenters. The standard InChI is InChI=1S/C20H13F6N5S/c1-9-7-14(31-30-9)11-3-2-4-13-16(11)17(27)29-18(28-13)32-15-6-5-10(19(21,22)23)8-12(15)20(24,25)26/h2-8H,1H3,(H,30,31)(H2,27,28,29). The van der Waals surface area contributed by atoms with Crippen molar-refractivity contribution in [1.29, 1.82) is 0 Å². The number of hydrogen-bond donors (Lipinski definition) is 2. The van der Waals surface area contributed by atoms with Crippen LogP contribution < -0.4 is 5.73 Å². The number of benzene rings is 2. The summed E-state index contributed by atoms with van der Waals surface area (Å²) in [6, 6.07) is 8.24. The average molecular weight is 469 g/mol. The molecule has 5 nitrogen and oxygen atoms in total. The van der Waals surface area contributed by atoms with Crippen molar-refractivity contribution in [3.63, 3.8) is 0 Å². The Hall–Kier alpha value is -3.28. The lowest BCUT2D eigenvalue weighted by atomic mass is 10.1. The molecule has 166 valence electrons. The van der Waals surface area contributed by atoms with E-state index in [1.165, 1.54) is 0 Å². The Kier molecular flexibility index (Phi) is 5.27. The monoisotopic (exact) mass is 469 g/mol. The number of rotatable bonds is 3. The van der Waals surface area contributed by atoms with Crippen LogP contribution in [0.2, 0.25) is 0 Å². The molecule has 2 aromatic carbocycles. The predicted molar refractivity (Wildman–Crippen MR) is 107 cm³/mol. The Balaban J connectivity index is 1.79. The lowest BCUT2D eigenvalue weighted by Gasteiger charge is -2.15. The number of H-pyrrole nitrogens is 1. The Morgan fingerprint density at radius 2 is 1.69 bits per heavy atom. The second-order valence-corrected chi connectivity index (χ2v) is 7.84. The topological polar surface area (TPSA) is 80.5 Å². The number of aromatic nitrogens is 4. The molecule has 0 amide bonds. The molecule has 4 aromatic rings. The van der Waals surface area contributed by atoms with Crippen LogP contribution in [0.15, 0.2) is 52.5 Å². The molecule has 0 saturated heterocycles. The quantitative estimate of drug-likeness (QED) is 0.280. The molecule has 0 spiro atoms. The molecule has 0 unspecified atom stereocenters. The lowest BCUT2D eigenvalue weighted by Crippen LogP contribution is -2.12. The van der Waals surface area contributed by atoms with E-state index >= 15 is 0 Å². The Labute approximate surface area is 181 Å². The number of nitrogen functional groups attached to an aromatic ring is 1. The molecule has 2 heterocycles. The SMILES string of the molecule is Cc1cc(-c2cccc3nc(Sc4ccc(C(F)(F)F)cc4C(F)(F)F)nc(N)c23)n[nH]1. The highest BCUT2D eigenvalue weighted by atomic mass is 32.2. The predicted octanol–water partition coefficient (Wildman–Crippen LogP) is 6.10. The molecule has 0 bridgehead atoms. The van der Waals surface area contributed by atoms with Crippen molar-refractivity contribution in [3.05, 3.63) is 59.3 Å². The molecule has 2 aromatic heterocycles. The normalized spacial score (nSPS) is 12.5.